The summed E-state index contributed by atoms with van der Waals surface area (Å²) in [5.74, 6) is 0.963. The third-order valence-electron chi connectivity index (χ3n) is 5.44. The van der Waals surface area contributed by atoms with Crippen molar-refractivity contribution in [1.82, 2.24) is 19.5 Å². The van der Waals surface area contributed by atoms with E-state index in [1.807, 2.05) is 22.7 Å². The highest BCUT2D eigenvalue weighted by Gasteiger charge is 2.12. The van der Waals surface area contributed by atoms with Crippen molar-refractivity contribution in [3.63, 3.8) is 0 Å². The first-order valence-corrected chi connectivity index (χ1v) is 10.7. The second-order valence-corrected chi connectivity index (χ2v) is 7.52. The third kappa shape index (κ3) is 4.36. The Morgan fingerprint density at radius 1 is 0.867 bits per heavy atom. The summed E-state index contributed by atoms with van der Waals surface area (Å²) in [5, 5.41) is 8.47. The van der Waals surface area contributed by atoms with Crippen LogP contribution >= 0.6 is 0 Å². The lowest BCUT2D eigenvalue weighted by Crippen LogP contribution is -2.29. The summed E-state index contributed by atoms with van der Waals surface area (Å²) in [6, 6.07) is 22.9. The summed E-state index contributed by atoms with van der Waals surface area (Å²) in [6.45, 7) is 10.5. The van der Waals surface area contributed by atoms with Crippen LogP contribution in [0.3, 0.4) is 0 Å². The number of aryl methyl sites for hydroxylation is 1. The molecule has 154 valence electrons. The number of anilines is 1. The van der Waals surface area contributed by atoms with Crippen LogP contribution in [0.4, 0.5) is 5.82 Å². The quantitative estimate of drug-likeness (QED) is 0.446. The predicted molar refractivity (Wildman–Crippen MR) is 125 cm³/mol. The molecule has 5 nitrogen and oxygen atoms in total. The van der Waals surface area contributed by atoms with Crippen molar-refractivity contribution in [3.05, 3.63) is 72.3 Å². The van der Waals surface area contributed by atoms with Gasteiger partial charge in [0.05, 0.1) is 11.4 Å². The Morgan fingerprint density at radius 3 is 2.37 bits per heavy atom. The summed E-state index contributed by atoms with van der Waals surface area (Å²) in [4.78, 5) is 7.31. The van der Waals surface area contributed by atoms with E-state index in [1.54, 1.807) is 0 Å². The number of likely N-dealkylation sites (N-methyl/N-ethyl adjacent to an activating group) is 1. The van der Waals surface area contributed by atoms with E-state index >= 15 is 0 Å². The van der Waals surface area contributed by atoms with Crippen molar-refractivity contribution in [2.24, 2.45) is 0 Å². The van der Waals surface area contributed by atoms with Gasteiger partial charge in [-0.3, -0.25) is 0 Å². The third-order valence-corrected chi connectivity index (χ3v) is 5.44. The lowest BCUT2D eigenvalue weighted by Gasteiger charge is -2.18. The maximum Gasteiger partial charge on any atom is 0.158 e. The molecule has 0 saturated heterocycles. The van der Waals surface area contributed by atoms with Crippen LogP contribution in [-0.2, 0) is 0 Å². The largest absolute Gasteiger partial charge is 0.369 e. The Bertz CT molecular complexity index is 1110. The lowest BCUT2D eigenvalue weighted by atomic mass is 10.1. The van der Waals surface area contributed by atoms with Crippen LogP contribution < -0.4 is 5.32 Å². The molecule has 0 saturated carbocycles. The summed E-state index contributed by atoms with van der Waals surface area (Å²) in [6.07, 6.45) is 0. The SMILES string of the molecule is CCN(CC)CCNc1cc(-c2ccccc2)nc2cc(-c3cccc(C)c3)nn12. The first kappa shape index (κ1) is 20.1. The van der Waals surface area contributed by atoms with Gasteiger partial charge in [0.2, 0.25) is 0 Å². The van der Waals surface area contributed by atoms with Crippen LogP contribution in [0.15, 0.2) is 66.7 Å². The number of fused-ring (bicyclic) bond motifs is 1. The van der Waals surface area contributed by atoms with Gasteiger partial charge in [0, 0.05) is 36.3 Å². The molecule has 0 aliphatic rings. The van der Waals surface area contributed by atoms with Crippen molar-refractivity contribution in [2.75, 3.05) is 31.5 Å². The number of nitrogens with one attached hydrogen (secondary N) is 1. The minimum atomic E-state index is 0.846. The molecule has 2 aromatic carbocycles. The van der Waals surface area contributed by atoms with Gasteiger partial charge in [-0.2, -0.15) is 9.61 Å². The average molecular weight is 400 g/mol. The average Bonchev–Trinajstić information content (AvgIpc) is 3.22. The Labute approximate surface area is 178 Å². The van der Waals surface area contributed by atoms with Gasteiger partial charge in [0.15, 0.2) is 5.65 Å². The monoisotopic (exact) mass is 399 g/mol. The highest BCUT2D eigenvalue weighted by atomic mass is 15.3. The minimum absolute atomic E-state index is 0.846. The number of hydrogen-bond donors (Lipinski definition) is 1. The minimum Gasteiger partial charge on any atom is -0.369 e. The molecule has 30 heavy (non-hydrogen) atoms. The molecule has 0 radical (unpaired) electrons. The summed E-state index contributed by atoms with van der Waals surface area (Å²) in [5.41, 5.74) is 6.16. The Morgan fingerprint density at radius 2 is 1.63 bits per heavy atom. The van der Waals surface area contributed by atoms with E-state index in [0.29, 0.717) is 0 Å². The molecule has 0 spiro atoms. The standard InChI is InChI=1S/C25H29N5/c1-4-29(5-2)15-14-26-24-17-22(20-11-7-6-8-12-20)27-25-18-23(28-30(24)25)21-13-9-10-19(3)16-21/h6-13,16-18,26H,4-5,14-15H2,1-3H3. The summed E-state index contributed by atoms with van der Waals surface area (Å²) >= 11 is 0. The molecule has 0 aliphatic heterocycles. The first-order valence-electron chi connectivity index (χ1n) is 10.7. The van der Waals surface area contributed by atoms with Crippen LogP contribution in [0.5, 0.6) is 0 Å². The molecule has 0 unspecified atom stereocenters. The number of benzene rings is 2. The molecule has 1 N–H and O–H groups in total. The molecular weight excluding hydrogens is 370 g/mol. The smallest absolute Gasteiger partial charge is 0.158 e. The van der Waals surface area contributed by atoms with Crippen LogP contribution in [-0.4, -0.2) is 45.7 Å². The molecule has 4 aromatic rings. The van der Waals surface area contributed by atoms with Gasteiger partial charge in [-0.05, 0) is 26.1 Å². The van der Waals surface area contributed by atoms with Crippen molar-refractivity contribution in [1.29, 1.82) is 0 Å². The maximum atomic E-state index is 4.90. The predicted octanol–water partition coefficient (Wildman–Crippen LogP) is 5.13. The fraction of sp³-hybridized carbons (Fsp3) is 0.280. The van der Waals surface area contributed by atoms with Crippen molar-refractivity contribution in [3.8, 4) is 22.5 Å². The van der Waals surface area contributed by atoms with Crippen LogP contribution in [0.2, 0.25) is 0 Å². The normalized spacial score (nSPS) is 11.3. The molecule has 0 amide bonds. The first-order chi connectivity index (χ1) is 14.7. The van der Waals surface area contributed by atoms with Crippen molar-refractivity contribution in [2.45, 2.75) is 20.8 Å². The maximum absolute atomic E-state index is 4.90. The van der Waals surface area contributed by atoms with Gasteiger partial charge in [-0.1, -0.05) is 67.9 Å². The Kier molecular flexibility index (Phi) is 6.10. The van der Waals surface area contributed by atoms with Crippen LogP contribution in [0.25, 0.3) is 28.2 Å². The highest BCUT2D eigenvalue weighted by Crippen LogP contribution is 2.26. The van der Waals surface area contributed by atoms with Gasteiger partial charge in [0.1, 0.15) is 5.82 Å². The zero-order valence-corrected chi connectivity index (χ0v) is 18.0. The number of nitrogens with zero attached hydrogens (tertiary/aromatic N) is 4. The summed E-state index contributed by atoms with van der Waals surface area (Å²) < 4.78 is 1.92. The van der Waals surface area contributed by atoms with Gasteiger partial charge >= 0.3 is 0 Å². The topological polar surface area (TPSA) is 45.5 Å². The van der Waals surface area contributed by atoms with Crippen molar-refractivity contribution >= 4 is 11.5 Å². The van der Waals surface area contributed by atoms with Gasteiger partial charge in [-0.15, -0.1) is 0 Å². The van der Waals surface area contributed by atoms with E-state index in [-0.39, 0.29) is 0 Å². The van der Waals surface area contributed by atoms with E-state index in [4.69, 9.17) is 10.1 Å². The van der Waals surface area contributed by atoms with E-state index < -0.39 is 0 Å². The van der Waals surface area contributed by atoms with Crippen molar-refractivity contribution < 1.29 is 0 Å². The van der Waals surface area contributed by atoms with Gasteiger partial charge in [0.25, 0.3) is 0 Å². The second kappa shape index (κ2) is 9.09. The zero-order chi connectivity index (χ0) is 20.9. The van der Waals surface area contributed by atoms with E-state index in [9.17, 15) is 0 Å². The molecule has 2 aromatic heterocycles. The molecule has 0 bridgehead atoms. The molecule has 5 heteroatoms. The Balaban J connectivity index is 1.74. The number of rotatable bonds is 8. The fourth-order valence-corrected chi connectivity index (χ4v) is 3.68. The lowest BCUT2D eigenvalue weighted by molar-refractivity contribution is 0.316. The Hall–Kier alpha value is -3.18. The molecule has 2 heterocycles. The van der Waals surface area contributed by atoms with Gasteiger partial charge in [-0.25, -0.2) is 4.98 Å². The molecule has 0 atom stereocenters. The number of aromatic nitrogens is 3. The van der Waals surface area contributed by atoms with Crippen LogP contribution in [0.1, 0.15) is 19.4 Å². The molecule has 4 rings (SSSR count). The molecular formula is C25H29N5. The summed E-state index contributed by atoms with van der Waals surface area (Å²) in [7, 11) is 0. The van der Waals surface area contributed by atoms with E-state index in [1.165, 1.54) is 5.56 Å². The fourth-order valence-electron chi connectivity index (χ4n) is 3.68. The van der Waals surface area contributed by atoms with Crippen LogP contribution in [0, 0.1) is 6.92 Å². The highest BCUT2D eigenvalue weighted by molar-refractivity contribution is 5.70. The van der Waals surface area contributed by atoms with Gasteiger partial charge < -0.3 is 10.2 Å². The van der Waals surface area contributed by atoms with E-state index in [0.717, 1.165) is 60.2 Å². The second-order valence-electron chi connectivity index (χ2n) is 7.52. The van der Waals surface area contributed by atoms with E-state index in [2.05, 4.69) is 79.5 Å². The zero-order valence-electron chi connectivity index (χ0n) is 18.0. The molecule has 0 aliphatic carbocycles. The molecule has 0 fully saturated rings. The number of hydrogen-bond acceptors (Lipinski definition) is 4.